The van der Waals surface area contributed by atoms with Crippen LogP contribution >= 0.6 is 0 Å². The number of rotatable bonds is 6. The second-order valence-corrected chi connectivity index (χ2v) is 5.85. The molecule has 1 aliphatic rings. The van der Waals surface area contributed by atoms with Crippen LogP contribution in [0.2, 0.25) is 0 Å². The molecule has 0 amide bonds. The zero-order chi connectivity index (χ0) is 12.0. The molecule has 3 atom stereocenters. The minimum atomic E-state index is -0.110. The van der Waals surface area contributed by atoms with E-state index in [1.54, 1.807) is 0 Å². The van der Waals surface area contributed by atoms with Gasteiger partial charge in [0, 0.05) is 12.1 Å². The average Bonchev–Trinajstić information content (AvgIpc) is 2.21. The lowest BCUT2D eigenvalue weighted by Gasteiger charge is -2.31. The highest BCUT2D eigenvalue weighted by Crippen LogP contribution is 2.19. The Labute approximate surface area is 101 Å². The van der Waals surface area contributed by atoms with Crippen molar-refractivity contribution in [2.24, 2.45) is 5.92 Å². The summed E-state index contributed by atoms with van der Waals surface area (Å²) in [6.45, 7) is 6.81. The molecule has 0 heterocycles. The highest BCUT2D eigenvalue weighted by atomic mass is 16.3. The third-order valence-electron chi connectivity index (χ3n) is 3.65. The smallest absolute Gasteiger partial charge is 0.0693 e. The summed E-state index contributed by atoms with van der Waals surface area (Å²) in [6, 6.07) is 0.902. The number of nitrogens with one attached hydrogen (secondary N) is 1. The Kier molecular flexibility index (Phi) is 6.37. The molecule has 1 saturated carbocycles. The quantitative estimate of drug-likeness (QED) is 0.731. The number of aliphatic hydroxyl groups excluding tert-OH is 1. The Bertz CT molecular complexity index is 182. The van der Waals surface area contributed by atoms with E-state index in [0.717, 1.165) is 18.8 Å². The number of hydrogen-bond acceptors (Lipinski definition) is 2. The van der Waals surface area contributed by atoms with Gasteiger partial charge in [-0.3, -0.25) is 0 Å². The Morgan fingerprint density at radius 3 is 2.44 bits per heavy atom. The molecule has 0 aromatic heterocycles. The van der Waals surface area contributed by atoms with Gasteiger partial charge in [0.25, 0.3) is 0 Å². The van der Waals surface area contributed by atoms with Crippen LogP contribution in [0.1, 0.15) is 65.7 Å². The van der Waals surface area contributed by atoms with Gasteiger partial charge in [0.1, 0.15) is 0 Å². The summed E-state index contributed by atoms with van der Waals surface area (Å²) in [5.41, 5.74) is 0. The van der Waals surface area contributed by atoms with Crippen molar-refractivity contribution in [3.05, 3.63) is 0 Å². The van der Waals surface area contributed by atoms with Crippen LogP contribution in [0.4, 0.5) is 0 Å². The van der Waals surface area contributed by atoms with Gasteiger partial charge in [-0.1, -0.05) is 39.5 Å². The first kappa shape index (κ1) is 14.0. The molecule has 1 rings (SSSR count). The predicted molar refractivity (Wildman–Crippen MR) is 69.5 cm³/mol. The predicted octanol–water partition coefficient (Wildman–Crippen LogP) is 3.09. The first-order chi connectivity index (χ1) is 7.59. The fourth-order valence-corrected chi connectivity index (χ4v) is 2.59. The van der Waals surface area contributed by atoms with Crippen LogP contribution in [0.5, 0.6) is 0 Å². The first-order valence-electron chi connectivity index (χ1n) is 7.03. The zero-order valence-corrected chi connectivity index (χ0v) is 11.2. The van der Waals surface area contributed by atoms with E-state index in [4.69, 9.17) is 0 Å². The van der Waals surface area contributed by atoms with E-state index in [1.807, 2.05) is 0 Å². The molecule has 0 aromatic rings. The van der Waals surface area contributed by atoms with Gasteiger partial charge in [-0.05, 0) is 32.1 Å². The van der Waals surface area contributed by atoms with Crippen molar-refractivity contribution in [2.75, 3.05) is 0 Å². The SMILES string of the molecule is CC(C)CCCC(C)N[C@@H]1CCCC[C@H]1O. The molecule has 1 aliphatic carbocycles. The Hall–Kier alpha value is -0.0800. The molecule has 1 fully saturated rings. The topological polar surface area (TPSA) is 32.3 Å². The molecule has 0 aromatic carbocycles. The van der Waals surface area contributed by atoms with Crippen LogP contribution in [-0.4, -0.2) is 23.3 Å². The van der Waals surface area contributed by atoms with Crippen LogP contribution in [0.15, 0.2) is 0 Å². The monoisotopic (exact) mass is 227 g/mol. The van der Waals surface area contributed by atoms with Crippen molar-refractivity contribution in [1.82, 2.24) is 5.32 Å². The molecule has 0 saturated heterocycles. The minimum Gasteiger partial charge on any atom is -0.392 e. The maximum Gasteiger partial charge on any atom is 0.0693 e. The summed E-state index contributed by atoms with van der Waals surface area (Å²) in [5.74, 6) is 0.812. The number of aliphatic hydroxyl groups is 1. The molecule has 1 unspecified atom stereocenters. The highest BCUT2D eigenvalue weighted by Gasteiger charge is 2.23. The number of hydrogen-bond donors (Lipinski definition) is 2. The molecule has 0 spiro atoms. The van der Waals surface area contributed by atoms with E-state index in [9.17, 15) is 5.11 Å². The van der Waals surface area contributed by atoms with Crippen molar-refractivity contribution in [3.8, 4) is 0 Å². The third kappa shape index (κ3) is 5.31. The highest BCUT2D eigenvalue weighted by molar-refractivity contribution is 4.82. The molecule has 2 N–H and O–H groups in total. The van der Waals surface area contributed by atoms with Crippen molar-refractivity contribution < 1.29 is 5.11 Å². The van der Waals surface area contributed by atoms with Gasteiger partial charge in [-0.15, -0.1) is 0 Å². The first-order valence-corrected chi connectivity index (χ1v) is 7.03. The third-order valence-corrected chi connectivity index (χ3v) is 3.65. The largest absolute Gasteiger partial charge is 0.392 e. The van der Waals surface area contributed by atoms with Crippen LogP contribution < -0.4 is 5.32 Å². The normalized spacial score (nSPS) is 28.3. The van der Waals surface area contributed by atoms with Crippen LogP contribution in [-0.2, 0) is 0 Å². The van der Waals surface area contributed by atoms with Crippen molar-refractivity contribution in [1.29, 1.82) is 0 Å². The lowest BCUT2D eigenvalue weighted by molar-refractivity contribution is 0.0851. The lowest BCUT2D eigenvalue weighted by Crippen LogP contribution is -2.46. The summed E-state index contributed by atoms with van der Waals surface area (Å²) in [6.07, 6.45) is 8.34. The van der Waals surface area contributed by atoms with E-state index in [-0.39, 0.29) is 6.10 Å². The summed E-state index contributed by atoms with van der Waals surface area (Å²) >= 11 is 0. The minimum absolute atomic E-state index is 0.110. The van der Waals surface area contributed by atoms with Gasteiger partial charge in [0.05, 0.1) is 6.10 Å². The Balaban J connectivity index is 2.14. The van der Waals surface area contributed by atoms with Gasteiger partial charge in [0.15, 0.2) is 0 Å². The molecule has 0 bridgehead atoms. The van der Waals surface area contributed by atoms with E-state index in [0.29, 0.717) is 12.1 Å². The molecule has 0 radical (unpaired) electrons. The van der Waals surface area contributed by atoms with Gasteiger partial charge in [-0.2, -0.15) is 0 Å². The fraction of sp³-hybridized carbons (Fsp3) is 1.00. The van der Waals surface area contributed by atoms with Crippen LogP contribution in [0.3, 0.4) is 0 Å². The molecular weight excluding hydrogens is 198 g/mol. The Morgan fingerprint density at radius 1 is 1.12 bits per heavy atom. The van der Waals surface area contributed by atoms with E-state index in [1.165, 1.54) is 32.1 Å². The molecule has 2 heteroatoms. The summed E-state index contributed by atoms with van der Waals surface area (Å²) in [4.78, 5) is 0. The molecule has 2 nitrogen and oxygen atoms in total. The summed E-state index contributed by atoms with van der Waals surface area (Å²) in [7, 11) is 0. The van der Waals surface area contributed by atoms with Crippen molar-refractivity contribution in [3.63, 3.8) is 0 Å². The molecular formula is C14H29NO. The second-order valence-electron chi connectivity index (χ2n) is 5.85. The lowest BCUT2D eigenvalue weighted by atomic mass is 9.91. The summed E-state index contributed by atoms with van der Waals surface area (Å²) in [5, 5.41) is 13.5. The summed E-state index contributed by atoms with van der Waals surface area (Å²) < 4.78 is 0. The molecule has 16 heavy (non-hydrogen) atoms. The fourth-order valence-electron chi connectivity index (χ4n) is 2.59. The van der Waals surface area contributed by atoms with E-state index in [2.05, 4.69) is 26.1 Å². The van der Waals surface area contributed by atoms with Crippen LogP contribution in [0, 0.1) is 5.92 Å². The van der Waals surface area contributed by atoms with Gasteiger partial charge < -0.3 is 10.4 Å². The average molecular weight is 227 g/mol. The van der Waals surface area contributed by atoms with E-state index < -0.39 is 0 Å². The van der Waals surface area contributed by atoms with Crippen molar-refractivity contribution >= 4 is 0 Å². The second kappa shape index (κ2) is 7.29. The van der Waals surface area contributed by atoms with Gasteiger partial charge >= 0.3 is 0 Å². The Morgan fingerprint density at radius 2 is 1.81 bits per heavy atom. The van der Waals surface area contributed by atoms with Crippen LogP contribution in [0.25, 0.3) is 0 Å². The van der Waals surface area contributed by atoms with Gasteiger partial charge in [-0.25, -0.2) is 0 Å². The maximum absolute atomic E-state index is 9.87. The van der Waals surface area contributed by atoms with Gasteiger partial charge in [0.2, 0.25) is 0 Å². The zero-order valence-electron chi connectivity index (χ0n) is 11.2. The maximum atomic E-state index is 9.87. The standard InChI is InChI=1S/C14H29NO/c1-11(2)7-6-8-12(3)15-13-9-4-5-10-14(13)16/h11-16H,4-10H2,1-3H3/t12?,13-,14-/m1/s1. The molecule has 96 valence electrons. The van der Waals surface area contributed by atoms with Crippen molar-refractivity contribution in [2.45, 2.75) is 83.9 Å². The van der Waals surface area contributed by atoms with E-state index >= 15 is 0 Å². The molecule has 0 aliphatic heterocycles.